The average molecular weight is 368 g/mol. The molecule has 0 saturated carbocycles. The maximum absolute atomic E-state index is 13.4. The average Bonchev–Trinajstić information content (AvgIpc) is 2.37. The molecule has 0 spiro atoms. The van der Waals surface area contributed by atoms with Crippen molar-refractivity contribution in [2.24, 2.45) is 28.1 Å². The van der Waals surface area contributed by atoms with Crippen molar-refractivity contribution in [2.45, 2.75) is 68.0 Å². The Morgan fingerprint density at radius 3 is 1.68 bits per heavy atom. The number of esters is 1. The van der Waals surface area contributed by atoms with Crippen molar-refractivity contribution in [1.29, 1.82) is 0 Å². The van der Waals surface area contributed by atoms with Crippen molar-refractivity contribution in [3.8, 4) is 0 Å². The predicted molar refractivity (Wildman–Crippen MR) is 88.9 cm³/mol. The number of alkyl halides is 3. The van der Waals surface area contributed by atoms with E-state index in [2.05, 4.69) is 0 Å². The molecule has 0 rings (SSSR count). The molecule has 0 aromatic rings. The first-order valence-corrected chi connectivity index (χ1v) is 8.29. The first-order valence-electron chi connectivity index (χ1n) is 8.29. The van der Waals surface area contributed by atoms with E-state index in [4.69, 9.17) is 4.74 Å². The lowest BCUT2D eigenvalue weighted by atomic mass is 9.63. The molecule has 7 heteroatoms. The van der Waals surface area contributed by atoms with Gasteiger partial charge in [0, 0.05) is 0 Å². The summed E-state index contributed by atoms with van der Waals surface area (Å²) in [5.74, 6) is -6.22. The normalized spacial score (nSPS) is 18.2. The Morgan fingerprint density at radius 2 is 1.40 bits per heavy atom. The minimum atomic E-state index is -4.72. The number of halogens is 3. The third kappa shape index (κ3) is 6.86. The van der Waals surface area contributed by atoms with Crippen LogP contribution in [0.1, 0.15) is 61.8 Å². The number of carbonyl (C=O) groups is 2. The first-order chi connectivity index (χ1) is 10.8. The summed E-state index contributed by atoms with van der Waals surface area (Å²) in [6.07, 6.45) is -4.80. The highest BCUT2D eigenvalue weighted by Gasteiger charge is 2.59. The molecule has 3 unspecified atom stereocenters. The topological polar surface area (TPSA) is 63.6 Å². The Morgan fingerprint density at radius 1 is 0.960 bits per heavy atom. The number of rotatable bonds is 6. The number of hydrogen-bond acceptors (Lipinski definition) is 3. The van der Waals surface area contributed by atoms with Gasteiger partial charge in [0.1, 0.15) is 0 Å². The second kappa shape index (κ2) is 7.54. The smallest absolute Gasteiger partial charge is 0.392 e. The fourth-order valence-corrected chi connectivity index (χ4v) is 2.57. The van der Waals surface area contributed by atoms with Gasteiger partial charge in [0.2, 0.25) is 0 Å². The number of carboxylic acid groups (broad SMARTS) is 1. The molecule has 25 heavy (non-hydrogen) atoms. The SMILES string of the molecule is CC(C(F)(F)F)C(C)(C(=O)OCC(C)(C)C)C(CC(C)(C)C)C(=O)O. The second-order valence-corrected chi connectivity index (χ2v) is 9.34. The van der Waals surface area contributed by atoms with Crippen LogP contribution >= 0.6 is 0 Å². The Kier molecular flexibility index (Phi) is 7.16. The lowest BCUT2D eigenvalue weighted by molar-refractivity contribution is -0.222. The minimum absolute atomic E-state index is 0.0795. The summed E-state index contributed by atoms with van der Waals surface area (Å²) in [6, 6.07) is 0. The summed E-state index contributed by atoms with van der Waals surface area (Å²) in [5, 5.41) is 9.59. The van der Waals surface area contributed by atoms with E-state index < -0.39 is 46.2 Å². The molecule has 0 fully saturated rings. The Balaban J connectivity index is 6.04. The van der Waals surface area contributed by atoms with Gasteiger partial charge in [-0.1, -0.05) is 48.5 Å². The van der Waals surface area contributed by atoms with Crippen LogP contribution in [-0.4, -0.2) is 29.8 Å². The lowest BCUT2D eigenvalue weighted by Crippen LogP contribution is -2.51. The highest BCUT2D eigenvalue weighted by Crippen LogP contribution is 2.49. The number of carboxylic acids is 1. The van der Waals surface area contributed by atoms with Gasteiger partial charge in [-0.2, -0.15) is 13.2 Å². The molecule has 0 radical (unpaired) electrons. The maximum atomic E-state index is 13.4. The van der Waals surface area contributed by atoms with Gasteiger partial charge in [0.15, 0.2) is 0 Å². The van der Waals surface area contributed by atoms with Crippen LogP contribution < -0.4 is 0 Å². The van der Waals surface area contributed by atoms with Gasteiger partial charge in [-0.25, -0.2) is 0 Å². The van der Waals surface area contributed by atoms with Crippen molar-refractivity contribution in [2.75, 3.05) is 6.61 Å². The summed E-state index contributed by atoms with van der Waals surface area (Å²) in [5.41, 5.74) is -3.23. The Hall–Kier alpha value is -1.27. The zero-order valence-electron chi connectivity index (χ0n) is 16.4. The van der Waals surface area contributed by atoms with Gasteiger partial charge >= 0.3 is 18.1 Å². The van der Waals surface area contributed by atoms with E-state index in [1.807, 2.05) is 0 Å². The number of aliphatic carboxylic acids is 1. The highest BCUT2D eigenvalue weighted by molar-refractivity contribution is 5.84. The Bertz CT molecular complexity index is 486. The van der Waals surface area contributed by atoms with Crippen LogP contribution in [0, 0.1) is 28.1 Å². The predicted octanol–water partition coefficient (Wildman–Crippen LogP) is 4.92. The third-order valence-electron chi connectivity index (χ3n) is 4.31. The van der Waals surface area contributed by atoms with Crippen molar-refractivity contribution in [1.82, 2.24) is 0 Å². The second-order valence-electron chi connectivity index (χ2n) is 9.34. The lowest BCUT2D eigenvalue weighted by Gasteiger charge is -2.41. The molecule has 4 nitrogen and oxygen atoms in total. The summed E-state index contributed by atoms with van der Waals surface area (Å²) >= 11 is 0. The molecular formula is C18H31F3O4. The summed E-state index contributed by atoms with van der Waals surface area (Å²) in [6.45, 7) is 12.3. The van der Waals surface area contributed by atoms with Crippen LogP contribution in [0.25, 0.3) is 0 Å². The molecule has 0 amide bonds. The van der Waals surface area contributed by atoms with Crippen LogP contribution in [0.3, 0.4) is 0 Å². The zero-order chi connectivity index (χ0) is 20.4. The van der Waals surface area contributed by atoms with E-state index in [1.54, 1.807) is 41.5 Å². The van der Waals surface area contributed by atoms with Crippen LogP contribution in [0.5, 0.6) is 0 Å². The highest BCUT2D eigenvalue weighted by atomic mass is 19.4. The maximum Gasteiger partial charge on any atom is 0.392 e. The van der Waals surface area contributed by atoms with E-state index >= 15 is 0 Å². The van der Waals surface area contributed by atoms with E-state index in [0.717, 1.165) is 13.8 Å². The summed E-state index contributed by atoms with van der Waals surface area (Å²) in [7, 11) is 0. The molecule has 0 saturated heterocycles. The number of carbonyl (C=O) groups excluding carboxylic acids is 1. The van der Waals surface area contributed by atoms with Crippen LogP contribution in [0.2, 0.25) is 0 Å². The molecule has 0 aliphatic carbocycles. The molecule has 1 N–H and O–H groups in total. The van der Waals surface area contributed by atoms with Gasteiger partial charge in [0.25, 0.3) is 0 Å². The van der Waals surface area contributed by atoms with E-state index in [1.165, 1.54) is 0 Å². The fraction of sp³-hybridized carbons (Fsp3) is 0.889. The summed E-state index contributed by atoms with van der Waals surface area (Å²) < 4.78 is 45.4. The standard InChI is InChI=1S/C18H31F3O4/c1-11(18(19,20)21)17(8,14(24)25-10-16(5,6)7)12(13(22)23)9-15(2,3)4/h11-12H,9-10H2,1-8H3,(H,22,23). The number of hydrogen-bond donors (Lipinski definition) is 1. The molecule has 0 heterocycles. The molecule has 148 valence electrons. The monoisotopic (exact) mass is 368 g/mol. The minimum Gasteiger partial charge on any atom is -0.481 e. The van der Waals surface area contributed by atoms with Crippen molar-refractivity contribution in [3.63, 3.8) is 0 Å². The largest absolute Gasteiger partial charge is 0.481 e. The molecule has 3 atom stereocenters. The molecule has 0 bridgehead atoms. The first kappa shape index (κ1) is 23.7. The van der Waals surface area contributed by atoms with Crippen LogP contribution in [0.15, 0.2) is 0 Å². The van der Waals surface area contributed by atoms with Crippen molar-refractivity contribution < 1.29 is 32.6 Å². The molecular weight excluding hydrogens is 337 g/mol. The third-order valence-corrected chi connectivity index (χ3v) is 4.31. The van der Waals surface area contributed by atoms with Gasteiger partial charge in [0.05, 0.1) is 23.9 Å². The molecule has 0 aromatic carbocycles. The zero-order valence-corrected chi connectivity index (χ0v) is 16.4. The quantitative estimate of drug-likeness (QED) is 0.676. The van der Waals surface area contributed by atoms with Gasteiger partial charge in [-0.3, -0.25) is 9.59 Å². The van der Waals surface area contributed by atoms with Gasteiger partial charge in [-0.05, 0) is 24.2 Å². The van der Waals surface area contributed by atoms with Gasteiger partial charge in [-0.15, -0.1) is 0 Å². The number of ether oxygens (including phenoxy) is 1. The van der Waals surface area contributed by atoms with E-state index in [9.17, 15) is 27.9 Å². The Labute approximate surface area is 148 Å². The van der Waals surface area contributed by atoms with E-state index in [-0.39, 0.29) is 13.0 Å². The van der Waals surface area contributed by atoms with Crippen molar-refractivity contribution in [3.05, 3.63) is 0 Å². The molecule has 0 aliphatic rings. The fourth-order valence-electron chi connectivity index (χ4n) is 2.57. The molecule has 0 aromatic heterocycles. The van der Waals surface area contributed by atoms with E-state index in [0.29, 0.717) is 0 Å². The van der Waals surface area contributed by atoms with Crippen LogP contribution in [-0.2, 0) is 14.3 Å². The van der Waals surface area contributed by atoms with Gasteiger partial charge < -0.3 is 9.84 Å². The van der Waals surface area contributed by atoms with Crippen LogP contribution in [0.4, 0.5) is 13.2 Å². The molecule has 0 aliphatic heterocycles. The summed E-state index contributed by atoms with van der Waals surface area (Å²) in [4.78, 5) is 24.4. The van der Waals surface area contributed by atoms with Crippen molar-refractivity contribution >= 4 is 11.9 Å².